The maximum Gasteiger partial charge on any atom is 0.215 e. The van der Waals surface area contributed by atoms with E-state index in [0.29, 0.717) is 11.3 Å². The molecule has 1 fully saturated rings. The number of allylic oxidation sites excluding steroid dienone is 1. The Kier molecular flexibility index (Phi) is 5.86. The van der Waals surface area contributed by atoms with Crippen molar-refractivity contribution in [2.75, 3.05) is 30.3 Å². The molecule has 0 radical (unpaired) electrons. The third-order valence-corrected chi connectivity index (χ3v) is 5.26. The van der Waals surface area contributed by atoms with Crippen molar-refractivity contribution in [3.8, 4) is 0 Å². The topological polar surface area (TPSA) is 84.1 Å². The van der Waals surface area contributed by atoms with Crippen LogP contribution >= 0.6 is 0 Å². The lowest BCUT2D eigenvalue weighted by Gasteiger charge is -2.35. The molecule has 3 heterocycles. The number of nitrogens with one attached hydrogen (secondary N) is 1. The van der Waals surface area contributed by atoms with E-state index in [1.165, 1.54) is 5.56 Å². The van der Waals surface area contributed by atoms with Crippen LogP contribution in [0.2, 0.25) is 0 Å². The molecule has 6 heteroatoms. The number of nitrogen functional groups attached to an aromatic ring is 1. The Morgan fingerprint density at radius 1 is 1.17 bits per heavy atom. The minimum atomic E-state index is -0.217. The molecule has 0 amide bonds. The molecule has 0 saturated carbocycles. The van der Waals surface area contributed by atoms with E-state index in [1.807, 2.05) is 37.3 Å². The van der Waals surface area contributed by atoms with Crippen molar-refractivity contribution >= 4 is 23.5 Å². The van der Waals surface area contributed by atoms with Crippen LogP contribution in [0.5, 0.6) is 0 Å². The van der Waals surface area contributed by atoms with E-state index in [-0.39, 0.29) is 17.6 Å². The van der Waals surface area contributed by atoms with E-state index in [1.54, 1.807) is 18.3 Å². The van der Waals surface area contributed by atoms with Crippen LogP contribution in [0.25, 0.3) is 6.08 Å². The van der Waals surface area contributed by atoms with Crippen molar-refractivity contribution in [2.45, 2.75) is 13.0 Å². The normalized spacial score (nSPS) is 16.7. The summed E-state index contributed by atoms with van der Waals surface area (Å²) in [5.74, 6) is 0.786. The maximum absolute atomic E-state index is 13.2. The smallest absolute Gasteiger partial charge is 0.215 e. The number of pyridine rings is 2. The maximum atomic E-state index is 13.2. The lowest BCUT2D eigenvalue weighted by Crippen LogP contribution is -2.46. The molecular weight excluding hydrogens is 374 g/mol. The molecule has 152 valence electrons. The number of ketones is 1. The van der Waals surface area contributed by atoms with Gasteiger partial charge in [-0.1, -0.05) is 42.5 Å². The fourth-order valence-electron chi connectivity index (χ4n) is 3.74. The van der Waals surface area contributed by atoms with Gasteiger partial charge in [0.25, 0.3) is 0 Å². The Morgan fingerprint density at radius 3 is 2.77 bits per heavy atom. The summed E-state index contributed by atoms with van der Waals surface area (Å²) in [6, 6.07) is 17.9. The molecule has 3 aromatic rings. The average molecular weight is 399 g/mol. The standard InChI is InChI=1S/C24H25N5O/c1-2-7-18-11-12-21(28-22(18)23(30)19-10-6-13-27-24(19)25)29-15-14-26-20(16-29)17-8-4-3-5-9-17/h2-13,20,26H,14-16H2,1H3,(H2,25,27)/b7-2+. The molecule has 1 aliphatic heterocycles. The Hall–Kier alpha value is -3.51. The van der Waals surface area contributed by atoms with Crippen molar-refractivity contribution in [1.82, 2.24) is 15.3 Å². The fraction of sp³-hybridized carbons (Fsp3) is 0.208. The summed E-state index contributed by atoms with van der Waals surface area (Å²) in [5, 5.41) is 3.57. The molecule has 4 rings (SSSR count). The molecule has 2 aromatic heterocycles. The molecule has 3 N–H and O–H groups in total. The molecule has 1 unspecified atom stereocenters. The zero-order valence-electron chi connectivity index (χ0n) is 17.0. The summed E-state index contributed by atoms with van der Waals surface area (Å²) in [6.45, 7) is 4.36. The Morgan fingerprint density at radius 2 is 2.00 bits per heavy atom. The van der Waals surface area contributed by atoms with Gasteiger partial charge in [0.15, 0.2) is 0 Å². The molecule has 6 nitrogen and oxygen atoms in total. The zero-order valence-corrected chi connectivity index (χ0v) is 17.0. The number of benzene rings is 1. The lowest BCUT2D eigenvalue weighted by molar-refractivity contribution is 0.103. The van der Waals surface area contributed by atoms with Gasteiger partial charge in [0.1, 0.15) is 17.3 Å². The van der Waals surface area contributed by atoms with Gasteiger partial charge in [-0.15, -0.1) is 0 Å². The van der Waals surface area contributed by atoms with Gasteiger partial charge in [0.05, 0.1) is 5.56 Å². The van der Waals surface area contributed by atoms with Gasteiger partial charge in [-0.3, -0.25) is 4.79 Å². The minimum Gasteiger partial charge on any atom is -0.383 e. The van der Waals surface area contributed by atoms with Crippen LogP contribution in [-0.4, -0.2) is 35.4 Å². The molecule has 1 atom stereocenters. The van der Waals surface area contributed by atoms with Gasteiger partial charge in [0.2, 0.25) is 5.78 Å². The quantitative estimate of drug-likeness (QED) is 0.639. The average Bonchev–Trinajstić information content (AvgIpc) is 2.80. The van der Waals surface area contributed by atoms with Gasteiger partial charge in [0, 0.05) is 37.4 Å². The fourth-order valence-corrected chi connectivity index (χ4v) is 3.74. The van der Waals surface area contributed by atoms with E-state index >= 15 is 0 Å². The van der Waals surface area contributed by atoms with Crippen molar-refractivity contribution in [2.24, 2.45) is 0 Å². The Bertz CT molecular complexity index is 1060. The van der Waals surface area contributed by atoms with Gasteiger partial charge in [-0.2, -0.15) is 0 Å². The van der Waals surface area contributed by atoms with E-state index in [9.17, 15) is 4.79 Å². The van der Waals surface area contributed by atoms with Crippen LogP contribution in [0, 0.1) is 0 Å². The summed E-state index contributed by atoms with van der Waals surface area (Å²) in [5.41, 5.74) is 8.72. The van der Waals surface area contributed by atoms with E-state index in [0.717, 1.165) is 31.0 Å². The third kappa shape index (κ3) is 4.09. The van der Waals surface area contributed by atoms with E-state index in [4.69, 9.17) is 10.7 Å². The Labute approximate surface area is 176 Å². The second-order valence-corrected chi connectivity index (χ2v) is 7.24. The predicted octanol–water partition coefficient (Wildman–Crippen LogP) is 3.47. The largest absolute Gasteiger partial charge is 0.383 e. The molecule has 30 heavy (non-hydrogen) atoms. The minimum absolute atomic E-state index is 0.213. The van der Waals surface area contributed by atoms with Gasteiger partial charge >= 0.3 is 0 Å². The molecule has 0 spiro atoms. The van der Waals surface area contributed by atoms with E-state index < -0.39 is 0 Å². The number of carbonyl (C=O) groups is 1. The number of hydrogen-bond acceptors (Lipinski definition) is 6. The highest BCUT2D eigenvalue weighted by atomic mass is 16.1. The number of aromatic nitrogens is 2. The van der Waals surface area contributed by atoms with Gasteiger partial charge < -0.3 is 16.0 Å². The summed E-state index contributed by atoms with van der Waals surface area (Å²) >= 11 is 0. The molecule has 1 saturated heterocycles. The first-order valence-electron chi connectivity index (χ1n) is 10.1. The van der Waals surface area contributed by atoms with Crippen molar-refractivity contribution < 1.29 is 4.79 Å². The molecule has 1 aromatic carbocycles. The second-order valence-electron chi connectivity index (χ2n) is 7.24. The molecule has 1 aliphatic rings. The number of hydrogen-bond donors (Lipinski definition) is 2. The van der Waals surface area contributed by atoms with E-state index in [2.05, 4.69) is 39.5 Å². The first kappa shape index (κ1) is 19.8. The van der Waals surface area contributed by atoms with Crippen molar-refractivity contribution in [1.29, 1.82) is 0 Å². The first-order valence-corrected chi connectivity index (χ1v) is 10.1. The van der Waals surface area contributed by atoms with Crippen LogP contribution in [-0.2, 0) is 0 Å². The number of carbonyl (C=O) groups excluding carboxylic acids is 1. The summed E-state index contributed by atoms with van der Waals surface area (Å²) < 4.78 is 0. The Balaban J connectivity index is 1.67. The predicted molar refractivity (Wildman–Crippen MR) is 120 cm³/mol. The second kappa shape index (κ2) is 8.88. The summed E-state index contributed by atoms with van der Waals surface area (Å²) in [6.07, 6.45) is 5.37. The number of nitrogens with two attached hydrogens (primary N) is 1. The van der Waals surface area contributed by atoms with Crippen LogP contribution in [0.15, 0.2) is 66.9 Å². The molecule has 0 bridgehead atoms. The molecular formula is C24H25N5O. The third-order valence-electron chi connectivity index (χ3n) is 5.26. The number of rotatable bonds is 5. The highest BCUT2D eigenvalue weighted by molar-refractivity contribution is 6.12. The SMILES string of the molecule is C/C=C/c1ccc(N2CCNC(c3ccccc3)C2)nc1C(=O)c1cccnc1N. The van der Waals surface area contributed by atoms with Crippen LogP contribution in [0.3, 0.4) is 0 Å². The lowest BCUT2D eigenvalue weighted by atomic mass is 10.0. The number of nitrogens with zero attached hydrogens (tertiary/aromatic N) is 3. The van der Waals surface area contributed by atoms with Crippen LogP contribution in [0.4, 0.5) is 11.6 Å². The monoisotopic (exact) mass is 399 g/mol. The van der Waals surface area contributed by atoms with Crippen LogP contribution in [0.1, 0.15) is 40.1 Å². The van der Waals surface area contributed by atoms with Gasteiger partial charge in [-0.05, 0) is 36.8 Å². The molecule has 0 aliphatic carbocycles. The van der Waals surface area contributed by atoms with Crippen molar-refractivity contribution in [3.63, 3.8) is 0 Å². The van der Waals surface area contributed by atoms with Crippen molar-refractivity contribution in [3.05, 3.63) is 89.3 Å². The summed E-state index contributed by atoms with van der Waals surface area (Å²) in [4.78, 5) is 24.3. The highest BCUT2D eigenvalue weighted by Crippen LogP contribution is 2.25. The first-order chi connectivity index (χ1) is 14.7. The number of anilines is 2. The summed E-state index contributed by atoms with van der Waals surface area (Å²) in [7, 11) is 0. The number of piperazine rings is 1. The van der Waals surface area contributed by atoms with Gasteiger partial charge in [-0.25, -0.2) is 9.97 Å². The zero-order chi connectivity index (χ0) is 20.9. The highest BCUT2D eigenvalue weighted by Gasteiger charge is 2.24. The van der Waals surface area contributed by atoms with Crippen LogP contribution < -0.4 is 16.0 Å².